The van der Waals surface area contributed by atoms with Gasteiger partial charge in [-0.1, -0.05) is 29.8 Å². The monoisotopic (exact) mass is 312 g/mol. The average Bonchev–Trinajstić information content (AvgIpc) is 2.92. The standard InChI is InChI=1S/C19H19ClNO/c1-13-10-16(11-14(2)19(13)20)22-9-5-6-15-12-21-18-8-4-3-7-17(15)18/h3-4,7-8,10-11,21H,5-6,9H2,1-2H3. The van der Waals surface area contributed by atoms with Crippen molar-refractivity contribution in [2.24, 2.45) is 0 Å². The molecule has 1 heterocycles. The molecule has 0 saturated carbocycles. The molecule has 0 bridgehead atoms. The van der Waals surface area contributed by atoms with Gasteiger partial charge in [0.05, 0.1) is 12.8 Å². The molecule has 0 aliphatic heterocycles. The first-order valence-corrected chi connectivity index (χ1v) is 7.90. The molecule has 1 aromatic heterocycles. The highest BCUT2D eigenvalue weighted by Crippen LogP contribution is 2.26. The zero-order valence-corrected chi connectivity index (χ0v) is 13.6. The maximum absolute atomic E-state index is 6.17. The lowest BCUT2D eigenvalue weighted by atomic mass is 10.1. The van der Waals surface area contributed by atoms with E-state index in [-0.39, 0.29) is 0 Å². The van der Waals surface area contributed by atoms with Gasteiger partial charge in [-0.2, -0.15) is 0 Å². The summed E-state index contributed by atoms with van der Waals surface area (Å²) >= 11 is 6.17. The molecule has 113 valence electrons. The van der Waals surface area contributed by atoms with Crippen molar-refractivity contribution in [2.75, 3.05) is 6.61 Å². The molecule has 1 radical (unpaired) electrons. The zero-order valence-electron chi connectivity index (χ0n) is 12.9. The van der Waals surface area contributed by atoms with Gasteiger partial charge in [-0.3, -0.25) is 0 Å². The summed E-state index contributed by atoms with van der Waals surface area (Å²) in [5, 5.41) is 2.07. The first-order chi connectivity index (χ1) is 10.6. The van der Waals surface area contributed by atoms with Crippen LogP contribution in [0.5, 0.6) is 5.75 Å². The quantitative estimate of drug-likeness (QED) is 0.639. The molecule has 22 heavy (non-hydrogen) atoms. The van der Waals surface area contributed by atoms with Crippen LogP contribution in [0.4, 0.5) is 0 Å². The fourth-order valence-electron chi connectivity index (χ4n) is 2.69. The number of aryl methyl sites for hydroxylation is 3. The Kier molecular flexibility index (Phi) is 4.39. The first-order valence-electron chi connectivity index (χ1n) is 7.52. The average molecular weight is 313 g/mol. The van der Waals surface area contributed by atoms with E-state index in [2.05, 4.69) is 29.4 Å². The molecular formula is C19H19ClNO. The van der Waals surface area contributed by atoms with Crippen LogP contribution in [0.3, 0.4) is 0 Å². The van der Waals surface area contributed by atoms with Crippen LogP contribution >= 0.6 is 11.6 Å². The fourth-order valence-corrected chi connectivity index (χ4v) is 2.80. The van der Waals surface area contributed by atoms with E-state index in [1.165, 1.54) is 10.9 Å². The maximum Gasteiger partial charge on any atom is 0.119 e. The largest absolute Gasteiger partial charge is 0.494 e. The number of H-pyrrole nitrogens is 1. The van der Waals surface area contributed by atoms with Gasteiger partial charge >= 0.3 is 0 Å². The summed E-state index contributed by atoms with van der Waals surface area (Å²) in [4.78, 5) is 3.19. The molecule has 0 aliphatic rings. The molecule has 0 unspecified atom stereocenters. The predicted octanol–water partition coefficient (Wildman–Crippen LogP) is 5.25. The van der Waals surface area contributed by atoms with Gasteiger partial charge in [-0.25, -0.2) is 0 Å². The summed E-state index contributed by atoms with van der Waals surface area (Å²) in [6.07, 6.45) is 5.15. The second-order valence-electron chi connectivity index (χ2n) is 5.60. The van der Waals surface area contributed by atoms with E-state index in [4.69, 9.17) is 16.3 Å². The van der Waals surface area contributed by atoms with Crippen molar-refractivity contribution in [2.45, 2.75) is 26.7 Å². The van der Waals surface area contributed by atoms with Crippen molar-refractivity contribution in [3.8, 4) is 5.75 Å². The summed E-state index contributed by atoms with van der Waals surface area (Å²) < 4.78 is 5.85. The van der Waals surface area contributed by atoms with E-state index in [0.29, 0.717) is 6.61 Å². The maximum atomic E-state index is 6.17. The summed E-state index contributed by atoms with van der Waals surface area (Å²) in [7, 11) is 0. The van der Waals surface area contributed by atoms with Gasteiger partial charge in [-0.05, 0) is 61.6 Å². The van der Waals surface area contributed by atoms with E-state index in [0.717, 1.165) is 40.3 Å². The molecule has 0 spiro atoms. The number of aromatic nitrogens is 1. The van der Waals surface area contributed by atoms with Crippen LogP contribution in [0.1, 0.15) is 23.1 Å². The SMILES string of the molecule is Cc1cc(OCCCc2[c][nH]c3ccccc23)cc(C)c1Cl. The minimum Gasteiger partial charge on any atom is -0.494 e. The lowest BCUT2D eigenvalue weighted by molar-refractivity contribution is 0.311. The third kappa shape index (κ3) is 3.12. The summed E-state index contributed by atoms with van der Waals surface area (Å²) in [6, 6.07) is 12.3. The Labute approximate surface area is 136 Å². The van der Waals surface area contributed by atoms with Crippen molar-refractivity contribution < 1.29 is 4.74 Å². The van der Waals surface area contributed by atoms with Gasteiger partial charge in [0, 0.05) is 15.9 Å². The second-order valence-corrected chi connectivity index (χ2v) is 5.98. The van der Waals surface area contributed by atoms with Gasteiger partial charge in [-0.15, -0.1) is 0 Å². The minimum absolute atomic E-state index is 0.688. The van der Waals surface area contributed by atoms with E-state index in [9.17, 15) is 0 Å². The van der Waals surface area contributed by atoms with Crippen molar-refractivity contribution >= 4 is 22.5 Å². The Morgan fingerprint density at radius 1 is 1.14 bits per heavy atom. The fraction of sp³-hybridized carbons (Fsp3) is 0.263. The van der Waals surface area contributed by atoms with E-state index in [1.54, 1.807) is 0 Å². The van der Waals surface area contributed by atoms with Crippen molar-refractivity contribution in [3.63, 3.8) is 0 Å². The van der Waals surface area contributed by atoms with E-state index >= 15 is 0 Å². The Hall–Kier alpha value is -1.93. The molecule has 1 N–H and O–H groups in total. The Morgan fingerprint density at radius 2 is 1.86 bits per heavy atom. The second kappa shape index (κ2) is 6.45. The van der Waals surface area contributed by atoms with Crippen LogP contribution in [0, 0.1) is 20.0 Å². The van der Waals surface area contributed by atoms with Gasteiger partial charge in [0.1, 0.15) is 5.75 Å². The molecule has 0 saturated heterocycles. The number of rotatable bonds is 5. The highest BCUT2D eigenvalue weighted by molar-refractivity contribution is 6.32. The molecule has 3 heteroatoms. The molecule has 0 atom stereocenters. The van der Waals surface area contributed by atoms with Crippen molar-refractivity contribution in [3.05, 3.63) is 64.3 Å². The number of para-hydroxylation sites is 1. The number of fused-ring (bicyclic) bond motifs is 1. The van der Waals surface area contributed by atoms with Gasteiger partial charge < -0.3 is 9.72 Å². The minimum atomic E-state index is 0.688. The van der Waals surface area contributed by atoms with Gasteiger partial charge in [0.25, 0.3) is 0 Å². The molecule has 2 aromatic carbocycles. The number of ether oxygens (including phenoxy) is 1. The van der Waals surface area contributed by atoms with Crippen LogP contribution in [0.25, 0.3) is 10.9 Å². The highest BCUT2D eigenvalue weighted by Gasteiger charge is 2.05. The number of hydrogen-bond donors (Lipinski definition) is 1. The lowest BCUT2D eigenvalue weighted by Crippen LogP contribution is -2.00. The molecule has 3 aromatic rings. The normalized spacial score (nSPS) is 11.0. The van der Waals surface area contributed by atoms with Crippen LogP contribution in [0.15, 0.2) is 36.4 Å². The van der Waals surface area contributed by atoms with Gasteiger partial charge in [0.15, 0.2) is 0 Å². The van der Waals surface area contributed by atoms with Crippen LogP contribution in [0.2, 0.25) is 5.02 Å². The smallest absolute Gasteiger partial charge is 0.119 e. The number of nitrogens with one attached hydrogen (secondary N) is 1. The summed E-state index contributed by atoms with van der Waals surface area (Å²) in [6.45, 7) is 4.69. The number of hydrogen-bond acceptors (Lipinski definition) is 1. The molecular weight excluding hydrogens is 294 g/mol. The highest BCUT2D eigenvalue weighted by atomic mass is 35.5. The predicted molar refractivity (Wildman–Crippen MR) is 91.9 cm³/mol. The Morgan fingerprint density at radius 3 is 2.64 bits per heavy atom. The van der Waals surface area contributed by atoms with Crippen molar-refractivity contribution in [1.82, 2.24) is 4.98 Å². The first kappa shape index (κ1) is 15.0. The molecule has 0 amide bonds. The van der Waals surface area contributed by atoms with Crippen molar-refractivity contribution in [1.29, 1.82) is 0 Å². The zero-order chi connectivity index (χ0) is 15.5. The van der Waals surface area contributed by atoms with Gasteiger partial charge in [0.2, 0.25) is 0 Å². The summed E-state index contributed by atoms with van der Waals surface area (Å²) in [5.74, 6) is 0.891. The third-order valence-electron chi connectivity index (χ3n) is 3.85. The molecule has 3 rings (SSSR count). The Bertz CT molecular complexity index is 768. The topological polar surface area (TPSA) is 25.0 Å². The molecule has 0 fully saturated rings. The number of aromatic amines is 1. The van der Waals surface area contributed by atoms with Crippen LogP contribution < -0.4 is 4.74 Å². The van der Waals surface area contributed by atoms with E-state index < -0.39 is 0 Å². The molecule has 0 aliphatic carbocycles. The third-order valence-corrected chi connectivity index (χ3v) is 4.45. The van der Waals surface area contributed by atoms with Crippen LogP contribution in [-0.4, -0.2) is 11.6 Å². The molecule has 2 nitrogen and oxygen atoms in total. The van der Waals surface area contributed by atoms with E-state index in [1.807, 2.05) is 32.0 Å². The Balaban J connectivity index is 1.58. The summed E-state index contributed by atoms with van der Waals surface area (Å²) in [5.41, 5.74) is 4.48. The number of benzene rings is 2. The number of halogens is 1. The lowest BCUT2D eigenvalue weighted by Gasteiger charge is -2.09. The van der Waals surface area contributed by atoms with Crippen LogP contribution in [-0.2, 0) is 6.42 Å².